The average Bonchev–Trinajstić information content (AvgIpc) is 2.35. The topological polar surface area (TPSA) is 56.0 Å². The number of aromatic nitrogens is 1. The van der Waals surface area contributed by atoms with Crippen LogP contribution in [-0.4, -0.2) is 10.8 Å². The number of nitrogens with zero attached hydrogens (tertiary/aromatic N) is 1. The fourth-order valence-corrected chi connectivity index (χ4v) is 1.71. The molecule has 1 aromatic carbocycles. The van der Waals surface area contributed by atoms with E-state index in [1.165, 1.54) is 12.3 Å². The third-order valence-electron chi connectivity index (χ3n) is 2.70. The molecular weight excluding hydrogens is 257 g/mol. The Balaban J connectivity index is 2.60. The van der Waals surface area contributed by atoms with Gasteiger partial charge in [-0.25, -0.2) is 18.2 Å². The number of carbonyl (C=O) groups is 1. The minimum absolute atomic E-state index is 0.0209. The van der Waals surface area contributed by atoms with Crippen LogP contribution in [0.5, 0.6) is 0 Å². The average molecular weight is 266 g/mol. The standard InChI is InChI=1S/C13H9F3N2O/c1-6-4-5-18-13(17)9(6)12(19)7-2-3-8(14)11(16)10(7)15/h2-5H,1H3,(H2,17,18). The van der Waals surface area contributed by atoms with Crippen molar-refractivity contribution in [2.45, 2.75) is 6.92 Å². The lowest BCUT2D eigenvalue weighted by Crippen LogP contribution is -2.12. The van der Waals surface area contributed by atoms with Gasteiger partial charge in [-0.3, -0.25) is 4.79 Å². The molecule has 19 heavy (non-hydrogen) atoms. The lowest BCUT2D eigenvalue weighted by atomic mass is 9.99. The Morgan fingerprint density at radius 1 is 1.16 bits per heavy atom. The van der Waals surface area contributed by atoms with Gasteiger partial charge in [0.1, 0.15) is 5.82 Å². The molecule has 1 heterocycles. The molecule has 0 fully saturated rings. The van der Waals surface area contributed by atoms with Crippen LogP contribution in [0.15, 0.2) is 24.4 Å². The van der Waals surface area contributed by atoms with E-state index >= 15 is 0 Å². The number of benzene rings is 1. The van der Waals surface area contributed by atoms with Crippen LogP contribution < -0.4 is 5.73 Å². The van der Waals surface area contributed by atoms with Gasteiger partial charge in [-0.1, -0.05) is 0 Å². The Bertz CT molecular complexity index is 651. The first-order valence-electron chi connectivity index (χ1n) is 5.32. The summed E-state index contributed by atoms with van der Waals surface area (Å²) in [5, 5.41) is 0. The van der Waals surface area contributed by atoms with Crippen molar-refractivity contribution in [3.05, 3.63) is 58.5 Å². The van der Waals surface area contributed by atoms with Crippen molar-refractivity contribution in [3.63, 3.8) is 0 Å². The molecule has 6 heteroatoms. The molecular formula is C13H9F3N2O. The van der Waals surface area contributed by atoms with Gasteiger partial charge in [0.15, 0.2) is 23.2 Å². The smallest absolute Gasteiger partial charge is 0.200 e. The van der Waals surface area contributed by atoms with Gasteiger partial charge in [-0.05, 0) is 30.7 Å². The number of ketones is 1. The second kappa shape index (κ2) is 4.72. The van der Waals surface area contributed by atoms with Crippen LogP contribution in [0.4, 0.5) is 19.0 Å². The van der Waals surface area contributed by atoms with E-state index in [0.29, 0.717) is 11.6 Å². The summed E-state index contributed by atoms with van der Waals surface area (Å²) in [6, 6.07) is 3.08. The summed E-state index contributed by atoms with van der Waals surface area (Å²) in [6.07, 6.45) is 1.39. The van der Waals surface area contributed by atoms with Crippen molar-refractivity contribution in [1.82, 2.24) is 4.98 Å². The van der Waals surface area contributed by atoms with Gasteiger partial charge in [0.2, 0.25) is 0 Å². The van der Waals surface area contributed by atoms with Gasteiger partial charge in [-0.15, -0.1) is 0 Å². The first kappa shape index (κ1) is 13.1. The molecule has 0 aliphatic carbocycles. The number of hydrogen-bond acceptors (Lipinski definition) is 3. The zero-order chi connectivity index (χ0) is 14.2. The van der Waals surface area contributed by atoms with Crippen molar-refractivity contribution in [3.8, 4) is 0 Å². The van der Waals surface area contributed by atoms with Gasteiger partial charge in [0.05, 0.1) is 11.1 Å². The fourth-order valence-electron chi connectivity index (χ4n) is 1.71. The third kappa shape index (κ3) is 2.16. The molecule has 0 unspecified atom stereocenters. The van der Waals surface area contributed by atoms with Crippen LogP contribution >= 0.6 is 0 Å². The second-order valence-corrected chi connectivity index (χ2v) is 3.94. The van der Waals surface area contributed by atoms with E-state index in [4.69, 9.17) is 5.73 Å². The highest BCUT2D eigenvalue weighted by atomic mass is 19.2. The van der Waals surface area contributed by atoms with E-state index in [9.17, 15) is 18.0 Å². The fraction of sp³-hybridized carbons (Fsp3) is 0.0769. The minimum Gasteiger partial charge on any atom is -0.383 e. The quantitative estimate of drug-likeness (QED) is 0.671. The summed E-state index contributed by atoms with van der Waals surface area (Å²) in [4.78, 5) is 15.8. The maximum atomic E-state index is 13.6. The van der Waals surface area contributed by atoms with Crippen LogP contribution in [-0.2, 0) is 0 Å². The molecule has 0 radical (unpaired) electrons. The predicted octanol–water partition coefficient (Wildman–Crippen LogP) is 2.62. The van der Waals surface area contributed by atoms with Crippen molar-refractivity contribution >= 4 is 11.6 Å². The monoisotopic (exact) mass is 266 g/mol. The SMILES string of the molecule is Cc1ccnc(N)c1C(=O)c1ccc(F)c(F)c1F. The van der Waals surface area contributed by atoms with Crippen LogP contribution in [0.2, 0.25) is 0 Å². The molecule has 3 nitrogen and oxygen atoms in total. The number of carbonyl (C=O) groups excluding carboxylic acids is 1. The zero-order valence-electron chi connectivity index (χ0n) is 9.88. The number of nitrogen functional groups attached to an aromatic ring is 1. The summed E-state index contributed by atoms with van der Waals surface area (Å²) in [5.74, 6) is -5.50. The van der Waals surface area contributed by atoms with Gasteiger partial charge in [0.25, 0.3) is 0 Å². The molecule has 0 atom stereocenters. The second-order valence-electron chi connectivity index (χ2n) is 3.94. The largest absolute Gasteiger partial charge is 0.383 e. The number of rotatable bonds is 2. The Labute approximate surface area is 106 Å². The van der Waals surface area contributed by atoms with E-state index in [2.05, 4.69) is 4.98 Å². The number of pyridine rings is 1. The highest BCUT2D eigenvalue weighted by Gasteiger charge is 2.23. The molecule has 0 bridgehead atoms. The molecule has 0 aliphatic heterocycles. The predicted molar refractivity (Wildman–Crippen MR) is 63.1 cm³/mol. The summed E-state index contributed by atoms with van der Waals surface area (Å²) in [5.41, 5.74) is 5.43. The van der Waals surface area contributed by atoms with Crippen LogP contribution in [0.1, 0.15) is 21.5 Å². The molecule has 2 N–H and O–H groups in total. The van der Waals surface area contributed by atoms with Gasteiger partial charge in [-0.2, -0.15) is 0 Å². The van der Waals surface area contributed by atoms with Gasteiger partial charge in [0, 0.05) is 6.20 Å². The van der Waals surface area contributed by atoms with Crippen LogP contribution in [0.25, 0.3) is 0 Å². The van der Waals surface area contributed by atoms with Crippen LogP contribution in [0, 0.1) is 24.4 Å². The zero-order valence-corrected chi connectivity index (χ0v) is 9.88. The molecule has 0 aliphatic rings. The molecule has 2 aromatic rings. The highest BCUT2D eigenvalue weighted by molar-refractivity contribution is 6.12. The Hall–Kier alpha value is -2.37. The molecule has 0 amide bonds. The summed E-state index contributed by atoms with van der Waals surface area (Å²) in [7, 11) is 0. The summed E-state index contributed by atoms with van der Waals surface area (Å²) < 4.78 is 39.5. The van der Waals surface area contributed by atoms with E-state index in [0.717, 1.165) is 6.07 Å². The van der Waals surface area contributed by atoms with E-state index < -0.39 is 28.8 Å². The highest BCUT2D eigenvalue weighted by Crippen LogP contribution is 2.22. The minimum atomic E-state index is -1.69. The molecule has 0 spiro atoms. The van der Waals surface area contributed by atoms with E-state index in [1.54, 1.807) is 6.92 Å². The number of hydrogen-bond donors (Lipinski definition) is 1. The van der Waals surface area contributed by atoms with Crippen molar-refractivity contribution in [1.29, 1.82) is 0 Å². The number of halogens is 3. The third-order valence-corrected chi connectivity index (χ3v) is 2.70. The Kier molecular flexibility index (Phi) is 3.25. The summed E-state index contributed by atoms with van der Waals surface area (Å²) in [6.45, 7) is 1.59. The van der Waals surface area contributed by atoms with Gasteiger partial charge >= 0.3 is 0 Å². The molecule has 1 aromatic heterocycles. The Morgan fingerprint density at radius 2 is 1.84 bits per heavy atom. The van der Waals surface area contributed by atoms with E-state index in [1.807, 2.05) is 0 Å². The van der Waals surface area contributed by atoms with Crippen molar-refractivity contribution in [2.75, 3.05) is 5.73 Å². The molecule has 0 saturated carbocycles. The molecule has 98 valence electrons. The number of anilines is 1. The maximum Gasteiger partial charge on any atom is 0.200 e. The lowest BCUT2D eigenvalue weighted by molar-refractivity contribution is 0.103. The maximum absolute atomic E-state index is 13.6. The van der Waals surface area contributed by atoms with Gasteiger partial charge < -0.3 is 5.73 Å². The number of aryl methyl sites for hydroxylation is 1. The van der Waals surface area contributed by atoms with E-state index in [-0.39, 0.29) is 11.4 Å². The Morgan fingerprint density at radius 3 is 2.47 bits per heavy atom. The normalized spacial score (nSPS) is 10.5. The first-order valence-corrected chi connectivity index (χ1v) is 5.32. The van der Waals surface area contributed by atoms with Crippen molar-refractivity contribution < 1.29 is 18.0 Å². The number of nitrogens with two attached hydrogens (primary N) is 1. The van der Waals surface area contributed by atoms with Crippen LogP contribution in [0.3, 0.4) is 0 Å². The molecule has 2 rings (SSSR count). The summed E-state index contributed by atoms with van der Waals surface area (Å²) >= 11 is 0. The lowest BCUT2D eigenvalue weighted by Gasteiger charge is -2.08. The van der Waals surface area contributed by atoms with Crippen molar-refractivity contribution in [2.24, 2.45) is 0 Å². The first-order chi connectivity index (χ1) is 8.93. The molecule has 0 saturated heterocycles.